The minimum atomic E-state index is 0.674. The van der Waals surface area contributed by atoms with E-state index in [9.17, 15) is 0 Å². The van der Waals surface area contributed by atoms with Crippen molar-refractivity contribution < 1.29 is 4.74 Å². The van der Waals surface area contributed by atoms with Crippen molar-refractivity contribution >= 4 is 34.9 Å². The van der Waals surface area contributed by atoms with Gasteiger partial charge in [-0.3, -0.25) is 0 Å². The maximum Gasteiger partial charge on any atom is 0.178 e. The molecule has 0 aliphatic rings. The normalized spacial score (nSPS) is 11.2. The van der Waals surface area contributed by atoms with Crippen LogP contribution in [0.1, 0.15) is 19.8 Å². The van der Waals surface area contributed by atoms with Crippen molar-refractivity contribution in [3.63, 3.8) is 0 Å². The lowest BCUT2D eigenvalue weighted by atomic mass is 10.3. The molecule has 1 aromatic heterocycles. The van der Waals surface area contributed by atoms with Gasteiger partial charge in [-0.05, 0) is 30.8 Å². The number of H-pyrrole nitrogens is 1. The summed E-state index contributed by atoms with van der Waals surface area (Å²) in [6.07, 6.45) is 2.26. The SMILES string of the molecule is CCCCOCCn1c(=S)[nH]c2c(Cl)cccc21. The third kappa shape index (κ3) is 2.94. The predicted molar refractivity (Wildman–Crippen MR) is 77.9 cm³/mol. The molecule has 98 valence electrons. The number of benzene rings is 1. The molecule has 2 aromatic rings. The first-order chi connectivity index (χ1) is 8.74. The van der Waals surface area contributed by atoms with Crippen molar-refractivity contribution in [2.75, 3.05) is 13.2 Å². The molecule has 1 aromatic carbocycles. The monoisotopic (exact) mass is 284 g/mol. The molecule has 1 N–H and O–H groups in total. The van der Waals surface area contributed by atoms with Crippen LogP contribution >= 0.6 is 23.8 Å². The maximum atomic E-state index is 6.12. The molecule has 0 saturated heterocycles. The Bertz CT molecular complexity index is 576. The molecule has 0 bridgehead atoms. The molecule has 3 nitrogen and oxygen atoms in total. The summed E-state index contributed by atoms with van der Waals surface area (Å²) in [5.41, 5.74) is 1.93. The Balaban J connectivity index is 2.11. The number of para-hydroxylation sites is 1. The van der Waals surface area contributed by atoms with E-state index in [1.807, 2.05) is 22.8 Å². The largest absolute Gasteiger partial charge is 0.380 e. The molecule has 18 heavy (non-hydrogen) atoms. The van der Waals surface area contributed by atoms with Crippen LogP contribution in [0.25, 0.3) is 11.0 Å². The van der Waals surface area contributed by atoms with Gasteiger partial charge in [0.1, 0.15) is 0 Å². The standard InChI is InChI=1S/C13H17ClN2OS/c1-2-3-8-17-9-7-16-11-6-4-5-10(14)12(11)15-13(16)18/h4-6H,2-3,7-9H2,1H3,(H,15,18). The van der Waals surface area contributed by atoms with Crippen LogP contribution in [0.4, 0.5) is 0 Å². The average molecular weight is 285 g/mol. The first kappa shape index (κ1) is 13.6. The molecular formula is C13H17ClN2OS. The molecule has 0 atom stereocenters. The smallest absolute Gasteiger partial charge is 0.178 e. The third-order valence-electron chi connectivity index (χ3n) is 2.86. The van der Waals surface area contributed by atoms with E-state index in [0.717, 1.165) is 37.0 Å². The summed E-state index contributed by atoms with van der Waals surface area (Å²) in [6.45, 7) is 4.39. The van der Waals surface area contributed by atoms with Crippen molar-refractivity contribution in [1.82, 2.24) is 9.55 Å². The van der Waals surface area contributed by atoms with Gasteiger partial charge in [-0.1, -0.05) is 31.0 Å². The number of nitrogens with zero attached hydrogens (tertiary/aromatic N) is 1. The van der Waals surface area contributed by atoms with Gasteiger partial charge in [-0.15, -0.1) is 0 Å². The number of ether oxygens (including phenoxy) is 1. The van der Waals surface area contributed by atoms with Crippen LogP contribution in [0.3, 0.4) is 0 Å². The van der Waals surface area contributed by atoms with E-state index in [1.165, 1.54) is 0 Å². The minimum absolute atomic E-state index is 0.674. The predicted octanol–water partition coefficient (Wildman–Crippen LogP) is 4.17. The van der Waals surface area contributed by atoms with Crippen molar-refractivity contribution in [2.24, 2.45) is 0 Å². The fourth-order valence-corrected chi connectivity index (χ4v) is 2.38. The second kappa shape index (κ2) is 6.36. The molecule has 0 radical (unpaired) electrons. The number of aromatic amines is 1. The topological polar surface area (TPSA) is 29.9 Å². The first-order valence-electron chi connectivity index (χ1n) is 6.19. The molecule has 0 aliphatic carbocycles. The Morgan fingerprint density at radius 2 is 2.22 bits per heavy atom. The van der Waals surface area contributed by atoms with Crippen LogP contribution in [-0.2, 0) is 11.3 Å². The Labute approximate surface area is 117 Å². The molecular weight excluding hydrogens is 268 g/mol. The van der Waals surface area contributed by atoms with Gasteiger partial charge in [-0.25, -0.2) is 0 Å². The lowest BCUT2D eigenvalue weighted by Gasteiger charge is -2.05. The molecule has 0 spiro atoms. The van der Waals surface area contributed by atoms with Crippen LogP contribution in [-0.4, -0.2) is 22.8 Å². The summed E-state index contributed by atoms with van der Waals surface area (Å²) in [4.78, 5) is 3.14. The molecule has 2 rings (SSSR count). The Kier molecular flexibility index (Phi) is 4.80. The lowest BCUT2D eigenvalue weighted by Crippen LogP contribution is -2.06. The van der Waals surface area contributed by atoms with E-state index in [4.69, 9.17) is 28.6 Å². The second-order valence-corrected chi connectivity index (χ2v) is 4.98. The van der Waals surface area contributed by atoms with Gasteiger partial charge in [0, 0.05) is 13.2 Å². The number of rotatable bonds is 6. The van der Waals surface area contributed by atoms with Crippen molar-refractivity contribution in [2.45, 2.75) is 26.3 Å². The van der Waals surface area contributed by atoms with Crippen molar-refractivity contribution in [3.05, 3.63) is 28.0 Å². The van der Waals surface area contributed by atoms with E-state index >= 15 is 0 Å². The molecule has 1 heterocycles. The molecule has 0 saturated carbocycles. The molecule has 5 heteroatoms. The molecule has 0 aliphatic heterocycles. The second-order valence-electron chi connectivity index (χ2n) is 4.18. The number of hydrogen-bond acceptors (Lipinski definition) is 2. The first-order valence-corrected chi connectivity index (χ1v) is 6.97. The quantitative estimate of drug-likeness (QED) is 0.637. The van der Waals surface area contributed by atoms with Crippen molar-refractivity contribution in [1.29, 1.82) is 0 Å². The van der Waals surface area contributed by atoms with Gasteiger partial charge in [0.15, 0.2) is 4.77 Å². The zero-order chi connectivity index (χ0) is 13.0. The minimum Gasteiger partial charge on any atom is -0.380 e. The van der Waals surface area contributed by atoms with Crippen LogP contribution in [0.15, 0.2) is 18.2 Å². The molecule has 0 unspecified atom stereocenters. The van der Waals surface area contributed by atoms with E-state index in [-0.39, 0.29) is 0 Å². The van der Waals surface area contributed by atoms with E-state index in [1.54, 1.807) is 0 Å². The highest BCUT2D eigenvalue weighted by atomic mass is 35.5. The zero-order valence-electron chi connectivity index (χ0n) is 10.4. The number of imidazole rings is 1. The van der Waals surface area contributed by atoms with Crippen LogP contribution in [0.2, 0.25) is 5.02 Å². The fourth-order valence-electron chi connectivity index (χ4n) is 1.87. The van der Waals surface area contributed by atoms with E-state index in [2.05, 4.69) is 11.9 Å². The highest BCUT2D eigenvalue weighted by molar-refractivity contribution is 7.71. The number of fused-ring (bicyclic) bond motifs is 1. The van der Waals surface area contributed by atoms with Crippen LogP contribution in [0, 0.1) is 4.77 Å². The lowest BCUT2D eigenvalue weighted by molar-refractivity contribution is 0.124. The Hall–Kier alpha value is -0.840. The highest BCUT2D eigenvalue weighted by Crippen LogP contribution is 2.22. The molecule has 0 fully saturated rings. The molecule has 0 amide bonds. The zero-order valence-corrected chi connectivity index (χ0v) is 12.0. The summed E-state index contributed by atoms with van der Waals surface area (Å²) in [5, 5.41) is 0.698. The van der Waals surface area contributed by atoms with Gasteiger partial charge in [-0.2, -0.15) is 0 Å². The summed E-state index contributed by atoms with van der Waals surface area (Å²) in [6, 6.07) is 5.80. The Morgan fingerprint density at radius 1 is 1.39 bits per heavy atom. The van der Waals surface area contributed by atoms with Gasteiger partial charge < -0.3 is 14.3 Å². The number of aromatic nitrogens is 2. The third-order valence-corrected chi connectivity index (χ3v) is 3.50. The van der Waals surface area contributed by atoms with E-state index < -0.39 is 0 Å². The summed E-state index contributed by atoms with van der Waals surface area (Å²) in [7, 11) is 0. The van der Waals surface area contributed by atoms with Crippen LogP contribution < -0.4 is 0 Å². The van der Waals surface area contributed by atoms with Gasteiger partial charge in [0.05, 0.1) is 22.7 Å². The van der Waals surface area contributed by atoms with Crippen molar-refractivity contribution in [3.8, 4) is 0 Å². The number of halogens is 1. The van der Waals surface area contributed by atoms with E-state index in [0.29, 0.717) is 16.4 Å². The number of hydrogen-bond donors (Lipinski definition) is 1. The number of unbranched alkanes of at least 4 members (excludes halogenated alkanes) is 1. The average Bonchev–Trinajstić information content (AvgIpc) is 2.68. The number of nitrogens with one attached hydrogen (secondary N) is 1. The summed E-state index contributed by atoms with van der Waals surface area (Å²) < 4.78 is 8.29. The van der Waals surface area contributed by atoms with Crippen LogP contribution in [0.5, 0.6) is 0 Å². The highest BCUT2D eigenvalue weighted by Gasteiger charge is 2.06. The Morgan fingerprint density at radius 3 is 3.00 bits per heavy atom. The fraction of sp³-hybridized carbons (Fsp3) is 0.462. The summed E-state index contributed by atoms with van der Waals surface area (Å²) >= 11 is 11.4. The van der Waals surface area contributed by atoms with Gasteiger partial charge in [0.2, 0.25) is 0 Å². The maximum absolute atomic E-state index is 6.12. The van der Waals surface area contributed by atoms with Gasteiger partial charge >= 0.3 is 0 Å². The van der Waals surface area contributed by atoms with Gasteiger partial charge in [0.25, 0.3) is 0 Å². The summed E-state index contributed by atoms with van der Waals surface area (Å²) in [5.74, 6) is 0.